The fourth-order valence-electron chi connectivity index (χ4n) is 3.42. The summed E-state index contributed by atoms with van der Waals surface area (Å²) < 4.78 is 10.8. The zero-order valence-corrected chi connectivity index (χ0v) is 17.4. The SMILES string of the molecule is CCOCc1cc(C(=O)NNC(=S)N[C@H]2CCC[C@@H](C)[C@@H]2C)ccc1OC. The summed E-state index contributed by atoms with van der Waals surface area (Å²) in [6, 6.07) is 5.59. The first kappa shape index (κ1) is 21.4. The molecule has 3 N–H and O–H groups in total. The van der Waals surface area contributed by atoms with Crippen molar-refractivity contribution in [3.05, 3.63) is 29.3 Å². The van der Waals surface area contributed by atoms with Gasteiger partial charge >= 0.3 is 0 Å². The van der Waals surface area contributed by atoms with Crippen LogP contribution < -0.4 is 20.9 Å². The largest absolute Gasteiger partial charge is 0.496 e. The highest BCUT2D eigenvalue weighted by Gasteiger charge is 2.27. The Morgan fingerprint density at radius 3 is 2.74 bits per heavy atom. The molecule has 6 nitrogen and oxygen atoms in total. The number of carbonyl (C=O) groups is 1. The molecule has 1 saturated carbocycles. The minimum atomic E-state index is -0.260. The van der Waals surface area contributed by atoms with Gasteiger partial charge in [-0.2, -0.15) is 0 Å². The van der Waals surface area contributed by atoms with Gasteiger partial charge in [0.1, 0.15) is 5.75 Å². The fourth-order valence-corrected chi connectivity index (χ4v) is 3.62. The lowest BCUT2D eigenvalue weighted by Gasteiger charge is -2.35. The lowest BCUT2D eigenvalue weighted by Crippen LogP contribution is -2.52. The summed E-state index contributed by atoms with van der Waals surface area (Å²) in [5.41, 5.74) is 6.82. The van der Waals surface area contributed by atoms with E-state index in [-0.39, 0.29) is 5.91 Å². The zero-order chi connectivity index (χ0) is 19.8. The van der Waals surface area contributed by atoms with Crippen LogP contribution in [0.3, 0.4) is 0 Å². The van der Waals surface area contributed by atoms with E-state index in [1.165, 1.54) is 12.8 Å². The van der Waals surface area contributed by atoms with Crippen molar-refractivity contribution in [3.8, 4) is 5.75 Å². The summed E-state index contributed by atoms with van der Waals surface area (Å²) in [5, 5.41) is 3.77. The van der Waals surface area contributed by atoms with Gasteiger partial charge in [0.25, 0.3) is 5.91 Å². The molecule has 0 unspecified atom stereocenters. The highest BCUT2D eigenvalue weighted by Crippen LogP contribution is 2.29. The van der Waals surface area contributed by atoms with E-state index < -0.39 is 0 Å². The number of hydrogen-bond donors (Lipinski definition) is 3. The molecular formula is C20H31N3O3S. The maximum atomic E-state index is 12.4. The molecule has 27 heavy (non-hydrogen) atoms. The molecule has 0 bridgehead atoms. The molecule has 1 aromatic rings. The molecule has 3 atom stereocenters. The second-order valence-corrected chi connectivity index (χ2v) is 7.50. The fraction of sp³-hybridized carbons (Fsp3) is 0.600. The Morgan fingerprint density at radius 2 is 2.04 bits per heavy atom. The molecule has 1 aliphatic rings. The standard InChI is InChI=1S/C20H31N3O3S/c1-5-26-12-16-11-15(9-10-18(16)25-4)19(24)22-23-20(27)21-17-8-6-7-13(2)14(17)3/h9-11,13-14,17H,5-8,12H2,1-4H3,(H,22,24)(H2,21,23,27)/t13-,14+,17+/m1/s1. The first-order valence-corrected chi connectivity index (χ1v) is 9.98. The zero-order valence-electron chi connectivity index (χ0n) is 16.6. The number of methoxy groups -OCH3 is 1. The van der Waals surface area contributed by atoms with Crippen molar-refractivity contribution in [1.29, 1.82) is 0 Å². The molecule has 0 aliphatic heterocycles. The van der Waals surface area contributed by atoms with Crippen molar-refractivity contribution in [1.82, 2.24) is 16.2 Å². The van der Waals surface area contributed by atoms with Gasteiger partial charge in [0, 0.05) is 23.8 Å². The van der Waals surface area contributed by atoms with Gasteiger partial charge in [0.15, 0.2) is 5.11 Å². The Labute approximate surface area is 167 Å². The Morgan fingerprint density at radius 1 is 1.26 bits per heavy atom. The molecule has 2 rings (SSSR count). The number of rotatable bonds is 6. The summed E-state index contributed by atoms with van der Waals surface area (Å²) in [5.74, 6) is 1.67. The predicted octanol–water partition coefficient (Wildman–Crippen LogP) is 3.17. The monoisotopic (exact) mass is 393 g/mol. The average Bonchev–Trinajstić information content (AvgIpc) is 2.67. The maximum Gasteiger partial charge on any atom is 0.269 e. The van der Waals surface area contributed by atoms with Crippen molar-refractivity contribution in [2.24, 2.45) is 11.8 Å². The van der Waals surface area contributed by atoms with E-state index in [2.05, 4.69) is 30.0 Å². The number of ether oxygens (including phenoxy) is 2. The number of thiocarbonyl (C=S) groups is 1. The normalized spacial score (nSPS) is 22.0. The second kappa shape index (κ2) is 10.5. The number of nitrogens with one attached hydrogen (secondary N) is 3. The molecule has 0 radical (unpaired) electrons. The molecule has 1 aromatic carbocycles. The summed E-state index contributed by atoms with van der Waals surface area (Å²) in [6.45, 7) is 7.44. The molecule has 1 amide bonds. The van der Waals surface area contributed by atoms with Crippen molar-refractivity contribution in [2.75, 3.05) is 13.7 Å². The number of hydrazine groups is 1. The van der Waals surface area contributed by atoms with Crippen LogP contribution in [-0.2, 0) is 11.3 Å². The van der Waals surface area contributed by atoms with Crippen molar-refractivity contribution < 1.29 is 14.3 Å². The van der Waals surface area contributed by atoms with E-state index in [0.717, 1.165) is 12.0 Å². The summed E-state index contributed by atoms with van der Waals surface area (Å²) in [4.78, 5) is 12.4. The molecule has 7 heteroatoms. The first-order chi connectivity index (χ1) is 13.0. The third kappa shape index (κ3) is 6.07. The number of hydrogen-bond acceptors (Lipinski definition) is 4. The van der Waals surface area contributed by atoms with Crippen LogP contribution in [0, 0.1) is 11.8 Å². The number of benzene rings is 1. The van der Waals surface area contributed by atoms with Crippen LogP contribution in [0.5, 0.6) is 5.75 Å². The van der Waals surface area contributed by atoms with Crippen LogP contribution in [0.4, 0.5) is 0 Å². The lowest BCUT2D eigenvalue weighted by atomic mass is 9.78. The molecular weight excluding hydrogens is 362 g/mol. The van der Waals surface area contributed by atoms with Gasteiger partial charge in [0.05, 0.1) is 13.7 Å². The quantitative estimate of drug-likeness (QED) is 0.509. The average molecular weight is 394 g/mol. The predicted molar refractivity (Wildman–Crippen MR) is 111 cm³/mol. The topological polar surface area (TPSA) is 71.6 Å². The molecule has 0 saturated heterocycles. The van der Waals surface area contributed by atoms with Gasteiger partial charge in [-0.15, -0.1) is 0 Å². The van der Waals surface area contributed by atoms with Gasteiger partial charge in [-0.3, -0.25) is 15.6 Å². The van der Waals surface area contributed by atoms with Crippen LogP contribution >= 0.6 is 12.2 Å². The van der Waals surface area contributed by atoms with Crippen LogP contribution in [0.15, 0.2) is 18.2 Å². The Bertz CT molecular complexity index is 653. The third-order valence-corrected chi connectivity index (χ3v) is 5.54. The highest BCUT2D eigenvalue weighted by atomic mass is 32.1. The van der Waals surface area contributed by atoms with Crippen molar-refractivity contribution in [3.63, 3.8) is 0 Å². The van der Waals surface area contributed by atoms with E-state index >= 15 is 0 Å². The smallest absolute Gasteiger partial charge is 0.269 e. The van der Waals surface area contributed by atoms with Crippen molar-refractivity contribution in [2.45, 2.75) is 52.7 Å². The van der Waals surface area contributed by atoms with Crippen LogP contribution in [-0.4, -0.2) is 30.8 Å². The number of amides is 1. The summed E-state index contributed by atoms with van der Waals surface area (Å²) >= 11 is 5.34. The van der Waals surface area contributed by atoms with Gasteiger partial charge in [0.2, 0.25) is 0 Å². The summed E-state index contributed by atoms with van der Waals surface area (Å²) in [7, 11) is 1.60. The highest BCUT2D eigenvalue weighted by molar-refractivity contribution is 7.80. The van der Waals surface area contributed by atoms with Crippen LogP contribution in [0.1, 0.15) is 56.0 Å². The van der Waals surface area contributed by atoms with Gasteiger partial charge < -0.3 is 14.8 Å². The minimum Gasteiger partial charge on any atom is -0.496 e. The molecule has 150 valence electrons. The molecule has 0 spiro atoms. The van der Waals surface area contributed by atoms with Crippen LogP contribution in [0.2, 0.25) is 0 Å². The maximum absolute atomic E-state index is 12.4. The van der Waals surface area contributed by atoms with Crippen LogP contribution in [0.25, 0.3) is 0 Å². The Hall–Kier alpha value is -1.86. The van der Waals surface area contributed by atoms with E-state index in [0.29, 0.717) is 47.5 Å². The van der Waals surface area contributed by atoms with E-state index in [9.17, 15) is 4.79 Å². The molecule has 1 fully saturated rings. The Kier molecular flexibility index (Phi) is 8.31. The summed E-state index contributed by atoms with van der Waals surface area (Å²) in [6.07, 6.45) is 3.56. The number of carbonyl (C=O) groups excluding carboxylic acids is 1. The van der Waals surface area contributed by atoms with Gasteiger partial charge in [-0.1, -0.05) is 26.7 Å². The second-order valence-electron chi connectivity index (χ2n) is 7.09. The molecule has 0 heterocycles. The molecule has 1 aliphatic carbocycles. The van der Waals surface area contributed by atoms with E-state index in [1.807, 2.05) is 6.92 Å². The van der Waals surface area contributed by atoms with E-state index in [1.54, 1.807) is 25.3 Å². The van der Waals surface area contributed by atoms with Gasteiger partial charge in [-0.05, 0) is 55.6 Å². The third-order valence-electron chi connectivity index (χ3n) is 5.32. The van der Waals surface area contributed by atoms with Crippen molar-refractivity contribution >= 4 is 23.2 Å². The first-order valence-electron chi connectivity index (χ1n) is 9.57. The molecule has 0 aromatic heterocycles. The van der Waals surface area contributed by atoms with E-state index in [4.69, 9.17) is 21.7 Å². The Balaban J connectivity index is 1.90. The lowest BCUT2D eigenvalue weighted by molar-refractivity contribution is 0.0942. The van der Waals surface area contributed by atoms with Gasteiger partial charge in [-0.25, -0.2) is 0 Å². The minimum absolute atomic E-state index is 0.260.